The van der Waals surface area contributed by atoms with Gasteiger partial charge in [0, 0.05) is 27.1 Å². The number of para-hydroxylation sites is 1. The molecule has 3 aromatic rings. The van der Waals surface area contributed by atoms with Gasteiger partial charge in [-0.25, -0.2) is 9.69 Å². The number of carboxylic acid groups (broad SMARTS) is 1. The number of aliphatic carboxylic acids is 1. The van der Waals surface area contributed by atoms with Crippen LogP contribution in [0.4, 0.5) is 10.5 Å². The minimum Gasteiger partial charge on any atom is -0.548 e. The Morgan fingerprint density at radius 3 is 2.47 bits per heavy atom. The van der Waals surface area contributed by atoms with Gasteiger partial charge >= 0.3 is 6.03 Å². The number of carboxylic acids is 1. The monoisotopic (exact) mass is 466 g/mol. The first kappa shape index (κ1) is 19.6. The molecule has 150 valence electrons. The fraction of sp³-hybridized carbons (Fsp3) is 0.0476. The third kappa shape index (κ3) is 3.50. The molecule has 0 radical (unpaired) electrons. The van der Waals surface area contributed by atoms with E-state index in [2.05, 4.69) is 21.2 Å². The molecule has 2 heterocycles. The number of fused-ring (bicyclic) bond motifs is 1. The third-order valence-electron chi connectivity index (χ3n) is 4.61. The van der Waals surface area contributed by atoms with E-state index in [1.165, 1.54) is 16.8 Å². The smallest absolute Gasteiger partial charge is 0.335 e. The highest BCUT2D eigenvalue weighted by Crippen LogP contribution is 2.27. The number of amides is 4. The standard InChI is InChI=1S/C21H14BrN3O5/c22-13-5-7-14(8-6-13)25-20(29)16(19(28)23-21(25)30)9-12-10-24(11-18(26)27)17-4-2-1-3-15(12)17/h1-10H,11H2,(H,26,27)(H,23,28,30)/p-1/b16-9+. The van der Waals surface area contributed by atoms with Gasteiger partial charge in [-0.2, -0.15) is 0 Å². The third-order valence-corrected chi connectivity index (χ3v) is 5.13. The van der Waals surface area contributed by atoms with E-state index < -0.39 is 23.8 Å². The van der Waals surface area contributed by atoms with Crippen LogP contribution in [0.3, 0.4) is 0 Å². The number of imide groups is 2. The van der Waals surface area contributed by atoms with Crippen LogP contribution in [0.5, 0.6) is 0 Å². The number of carbonyl (C=O) groups excluding carboxylic acids is 4. The predicted molar refractivity (Wildman–Crippen MR) is 110 cm³/mol. The SMILES string of the molecule is O=C([O-])Cn1cc(/C=C2\C(=O)NC(=O)N(c3ccc(Br)cc3)C2=O)c2ccccc21. The Hall–Kier alpha value is -3.72. The number of hydrogen-bond acceptors (Lipinski definition) is 5. The molecule has 0 saturated carbocycles. The number of aromatic nitrogens is 1. The van der Waals surface area contributed by atoms with Crippen LogP contribution in [0.2, 0.25) is 0 Å². The quantitative estimate of drug-likeness (QED) is 0.465. The average Bonchev–Trinajstić information content (AvgIpc) is 3.03. The van der Waals surface area contributed by atoms with Gasteiger partial charge in [0.25, 0.3) is 11.8 Å². The first-order chi connectivity index (χ1) is 14.3. The topological polar surface area (TPSA) is 112 Å². The Labute approximate surface area is 178 Å². The van der Waals surface area contributed by atoms with E-state index in [0.717, 1.165) is 9.37 Å². The van der Waals surface area contributed by atoms with Crippen LogP contribution < -0.4 is 15.3 Å². The number of rotatable bonds is 4. The molecule has 1 aromatic heterocycles. The number of nitrogens with zero attached hydrogens (tertiary/aromatic N) is 2. The molecule has 0 aliphatic carbocycles. The second-order valence-electron chi connectivity index (χ2n) is 6.54. The van der Waals surface area contributed by atoms with Crippen LogP contribution in [0.15, 0.2) is 64.8 Å². The predicted octanol–water partition coefficient (Wildman–Crippen LogP) is 1.82. The summed E-state index contributed by atoms with van der Waals surface area (Å²) in [7, 11) is 0. The molecule has 0 unspecified atom stereocenters. The zero-order valence-corrected chi connectivity index (χ0v) is 16.9. The van der Waals surface area contributed by atoms with Gasteiger partial charge in [0.2, 0.25) is 0 Å². The summed E-state index contributed by atoms with van der Waals surface area (Å²) in [5.41, 5.74) is 1.14. The maximum atomic E-state index is 13.0. The van der Waals surface area contributed by atoms with Gasteiger partial charge in [-0.15, -0.1) is 0 Å². The van der Waals surface area contributed by atoms with Crippen molar-refractivity contribution in [2.45, 2.75) is 6.54 Å². The van der Waals surface area contributed by atoms with Crippen LogP contribution in [-0.4, -0.2) is 28.4 Å². The zero-order valence-electron chi connectivity index (χ0n) is 15.3. The van der Waals surface area contributed by atoms with Crippen LogP contribution in [0.25, 0.3) is 17.0 Å². The fourth-order valence-electron chi connectivity index (χ4n) is 3.30. The summed E-state index contributed by atoms with van der Waals surface area (Å²) in [5.74, 6) is -2.87. The van der Waals surface area contributed by atoms with E-state index in [1.54, 1.807) is 48.5 Å². The normalized spacial score (nSPS) is 15.7. The van der Waals surface area contributed by atoms with E-state index in [0.29, 0.717) is 22.2 Å². The molecule has 1 aliphatic heterocycles. The van der Waals surface area contributed by atoms with Crippen molar-refractivity contribution in [3.05, 3.63) is 70.3 Å². The molecule has 4 amide bonds. The molecule has 4 rings (SSSR count). The van der Waals surface area contributed by atoms with E-state index in [-0.39, 0.29) is 12.1 Å². The molecule has 0 bridgehead atoms. The summed E-state index contributed by atoms with van der Waals surface area (Å²) in [6, 6.07) is 12.6. The molecule has 1 N–H and O–H groups in total. The summed E-state index contributed by atoms with van der Waals surface area (Å²) in [4.78, 5) is 49.6. The van der Waals surface area contributed by atoms with Gasteiger partial charge in [0.15, 0.2) is 0 Å². The molecule has 1 aliphatic rings. The lowest BCUT2D eigenvalue weighted by Crippen LogP contribution is -2.54. The molecule has 1 saturated heterocycles. The van der Waals surface area contributed by atoms with Crippen LogP contribution in [0, 0.1) is 0 Å². The van der Waals surface area contributed by atoms with Crippen molar-refractivity contribution in [2.24, 2.45) is 0 Å². The Balaban J connectivity index is 1.80. The summed E-state index contributed by atoms with van der Waals surface area (Å²) in [6.07, 6.45) is 2.87. The van der Waals surface area contributed by atoms with E-state index >= 15 is 0 Å². The van der Waals surface area contributed by atoms with E-state index in [4.69, 9.17) is 0 Å². The average molecular weight is 467 g/mol. The Bertz CT molecular complexity index is 1240. The number of anilines is 1. The number of halogens is 1. The Morgan fingerprint density at radius 2 is 1.77 bits per heavy atom. The van der Waals surface area contributed by atoms with Crippen LogP contribution in [-0.2, 0) is 20.9 Å². The molecular weight excluding hydrogens is 454 g/mol. The van der Waals surface area contributed by atoms with Crippen molar-refractivity contribution in [1.82, 2.24) is 9.88 Å². The van der Waals surface area contributed by atoms with Crippen molar-refractivity contribution in [1.29, 1.82) is 0 Å². The minimum atomic E-state index is -1.27. The van der Waals surface area contributed by atoms with Gasteiger partial charge in [-0.3, -0.25) is 14.9 Å². The van der Waals surface area contributed by atoms with Crippen molar-refractivity contribution in [3.63, 3.8) is 0 Å². The van der Waals surface area contributed by atoms with Crippen molar-refractivity contribution in [2.75, 3.05) is 4.90 Å². The van der Waals surface area contributed by atoms with Gasteiger partial charge < -0.3 is 14.5 Å². The highest BCUT2D eigenvalue weighted by Gasteiger charge is 2.37. The molecule has 0 spiro atoms. The Kier molecular flexibility index (Phi) is 4.96. The fourth-order valence-corrected chi connectivity index (χ4v) is 3.56. The largest absolute Gasteiger partial charge is 0.548 e. The molecule has 1 fully saturated rings. The number of benzene rings is 2. The second kappa shape index (κ2) is 7.60. The molecule has 2 aromatic carbocycles. The first-order valence-corrected chi connectivity index (χ1v) is 9.59. The number of nitrogens with one attached hydrogen (secondary N) is 1. The lowest BCUT2D eigenvalue weighted by Gasteiger charge is -2.26. The van der Waals surface area contributed by atoms with E-state index in [9.17, 15) is 24.3 Å². The van der Waals surface area contributed by atoms with Crippen molar-refractivity contribution >= 4 is 62.4 Å². The van der Waals surface area contributed by atoms with Gasteiger partial charge in [0.1, 0.15) is 5.57 Å². The van der Waals surface area contributed by atoms with Crippen LogP contribution in [0.1, 0.15) is 5.56 Å². The highest BCUT2D eigenvalue weighted by atomic mass is 79.9. The lowest BCUT2D eigenvalue weighted by molar-refractivity contribution is -0.306. The number of barbiturate groups is 1. The molecule has 30 heavy (non-hydrogen) atoms. The van der Waals surface area contributed by atoms with Gasteiger partial charge in [-0.05, 0) is 36.4 Å². The molecule has 8 nitrogen and oxygen atoms in total. The number of urea groups is 1. The Morgan fingerprint density at radius 1 is 1.07 bits per heavy atom. The lowest BCUT2D eigenvalue weighted by atomic mass is 10.1. The number of carbonyl (C=O) groups is 4. The summed E-state index contributed by atoms with van der Waals surface area (Å²) in [6.45, 7) is -0.382. The molecule has 0 atom stereocenters. The van der Waals surface area contributed by atoms with Gasteiger partial charge in [0.05, 0.1) is 18.2 Å². The molecular formula is C21H13BrN3O5-. The summed E-state index contributed by atoms with van der Waals surface area (Å²) >= 11 is 3.29. The minimum absolute atomic E-state index is 0.242. The highest BCUT2D eigenvalue weighted by molar-refractivity contribution is 9.10. The van der Waals surface area contributed by atoms with Gasteiger partial charge in [-0.1, -0.05) is 34.1 Å². The molecule has 9 heteroatoms. The number of hydrogen-bond donors (Lipinski definition) is 1. The summed E-state index contributed by atoms with van der Waals surface area (Å²) in [5, 5.41) is 13.9. The second-order valence-corrected chi connectivity index (χ2v) is 7.45. The van der Waals surface area contributed by atoms with Crippen molar-refractivity contribution in [3.8, 4) is 0 Å². The first-order valence-electron chi connectivity index (χ1n) is 8.80. The van der Waals surface area contributed by atoms with Crippen LogP contribution >= 0.6 is 15.9 Å². The maximum absolute atomic E-state index is 13.0. The maximum Gasteiger partial charge on any atom is 0.335 e. The summed E-state index contributed by atoms with van der Waals surface area (Å²) < 4.78 is 2.23. The zero-order chi connectivity index (χ0) is 21.4. The van der Waals surface area contributed by atoms with E-state index in [1.807, 2.05) is 0 Å². The van der Waals surface area contributed by atoms with Crippen molar-refractivity contribution < 1.29 is 24.3 Å².